The summed E-state index contributed by atoms with van der Waals surface area (Å²) in [5, 5.41) is 11.5. The van der Waals surface area contributed by atoms with Gasteiger partial charge < -0.3 is 5.32 Å². The van der Waals surface area contributed by atoms with Crippen molar-refractivity contribution in [3.8, 4) is 0 Å². The zero-order valence-electron chi connectivity index (χ0n) is 10.5. The van der Waals surface area contributed by atoms with Gasteiger partial charge in [-0.3, -0.25) is 9.67 Å². The van der Waals surface area contributed by atoms with Gasteiger partial charge in [-0.05, 0) is 34.1 Å². The van der Waals surface area contributed by atoms with Crippen LogP contribution in [0.1, 0.15) is 24.2 Å². The Labute approximate surface area is 115 Å². The zero-order chi connectivity index (χ0) is 13.0. The number of nitrogens with one attached hydrogen (secondary N) is 1. The third-order valence-electron chi connectivity index (χ3n) is 2.64. The van der Waals surface area contributed by atoms with E-state index in [1.165, 1.54) is 0 Å². The third-order valence-corrected chi connectivity index (χ3v) is 3.08. The average Bonchev–Trinajstić information content (AvgIpc) is 2.74. The van der Waals surface area contributed by atoms with Crippen molar-refractivity contribution < 1.29 is 0 Å². The summed E-state index contributed by atoms with van der Waals surface area (Å²) < 4.78 is 2.71. The first-order valence-corrected chi connectivity index (χ1v) is 6.67. The minimum absolute atomic E-state index is 0.205. The highest BCUT2D eigenvalue weighted by atomic mass is 79.9. The number of likely N-dealkylation sites (N-methyl/N-ethyl adjacent to an activating group) is 1. The molecule has 0 fully saturated rings. The molecule has 0 saturated heterocycles. The van der Waals surface area contributed by atoms with Crippen LogP contribution in [-0.2, 0) is 13.5 Å². The first-order chi connectivity index (χ1) is 8.69. The summed E-state index contributed by atoms with van der Waals surface area (Å²) in [5.41, 5.74) is 2.13. The predicted molar refractivity (Wildman–Crippen MR) is 73.1 cm³/mol. The lowest BCUT2D eigenvalue weighted by Gasteiger charge is -2.16. The predicted octanol–water partition coefficient (Wildman–Crippen LogP) is 1.87. The largest absolute Gasteiger partial charge is 0.310 e. The van der Waals surface area contributed by atoms with Crippen LogP contribution in [0.15, 0.2) is 29.1 Å². The Morgan fingerprint density at radius 1 is 1.44 bits per heavy atom. The van der Waals surface area contributed by atoms with Crippen LogP contribution >= 0.6 is 15.9 Å². The van der Waals surface area contributed by atoms with Gasteiger partial charge in [-0.15, -0.1) is 5.10 Å². The maximum atomic E-state index is 4.21. The van der Waals surface area contributed by atoms with Crippen LogP contribution in [-0.4, -0.2) is 26.5 Å². The van der Waals surface area contributed by atoms with E-state index in [0.29, 0.717) is 0 Å². The normalized spacial score (nSPS) is 12.6. The second-order valence-electron chi connectivity index (χ2n) is 4.13. The molecule has 0 bridgehead atoms. The molecule has 1 unspecified atom stereocenters. The van der Waals surface area contributed by atoms with Crippen molar-refractivity contribution in [2.24, 2.45) is 7.05 Å². The van der Waals surface area contributed by atoms with E-state index in [9.17, 15) is 0 Å². The number of rotatable bonds is 5. The number of halogens is 1. The van der Waals surface area contributed by atoms with Gasteiger partial charge in [0, 0.05) is 42.6 Å². The molecular weight excluding hydrogens is 294 g/mol. The number of aryl methyl sites for hydroxylation is 1. The summed E-state index contributed by atoms with van der Waals surface area (Å²) in [7, 11) is 1.87. The van der Waals surface area contributed by atoms with Crippen molar-refractivity contribution in [2.45, 2.75) is 19.4 Å². The fraction of sp³-hybridized carbons (Fsp3) is 0.417. The van der Waals surface area contributed by atoms with Crippen LogP contribution in [0.5, 0.6) is 0 Å². The Bertz CT molecular complexity index is 511. The molecule has 2 aromatic heterocycles. The molecule has 6 heteroatoms. The van der Waals surface area contributed by atoms with Gasteiger partial charge in [0.15, 0.2) is 0 Å². The first kappa shape index (κ1) is 13.2. The average molecular weight is 310 g/mol. The van der Waals surface area contributed by atoms with Gasteiger partial charge in [-0.1, -0.05) is 12.1 Å². The summed E-state index contributed by atoms with van der Waals surface area (Å²) in [5.74, 6) is 0. The zero-order valence-corrected chi connectivity index (χ0v) is 12.1. The van der Waals surface area contributed by atoms with E-state index in [-0.39, 0.29) is 6.04 Å². The smallest absolute Gasteiger partial charge is 0.0845 e. The van der Waals surface area contributed by atoms with E-state index in [0.717, 1.165) is 28.7 Å². The molecule has 0 aliphatic rings. The van der Waals surface area contributed by atoms with Gasteiger partial charge in [0.1, 0.15) is 0 Å². The monoisotopic (exact) mass is 309 g/mol. The summed E-state index contributed by atoms with van der Waals surface area (Å²) in [6.45, 7) is 2.99. The van der Waals surface area contributed by atoms with E-state index >= 15 is 0 Å². The molecule has 5 nitrogen and oxygen atoms in total. The minimum Gasteiger partial charge on any atom is -0.310 e. The lowest BCUT2D eigenvalue weighted by Crippen LogP contribution is -2.23. The van der Waals surface area contributed by atoms with Gasteiger partial charge in [0.25, 0.3) is 0 Å². The van der Waals surface area contributed by atoms with Crippen LogP contribution < -0.4 is 5.32 Å². The Hall–Kier alpha value is -1.27. The molecule has 0 radical (unpaired) electrons. The van der Waals surface area contributed by atoms with Crippen LogP contribution in [0.2, 0.25) is 0 Å². The van der Waals surface area contributed by atoms with Crippen LogP contribution in [0.3, 0.4) is 0 Å². The number of nitrogens with zero attached hydrogens (tertiary/aromatic N) is 4. The van der Waals surface area contributed by atoms with Gasteiger partial charge in [-0.2, -0.15) is 0 Å². The molecule has 1 atom stereocenters. The number of hydrogen-bond donors (Lipinski definition) is 1. The second-order valence-corrected chi connectivity index (χ2v) is 5.05. The topological polar surface area (TPSA) is 55.6 Å². The quantitative estimate of drug-likeness (QED) is 0.916. The summed E-state index contributed by atoms with van der Waals surface area (Å²) in [6, 6.07) is 2.29. The standard InChI is InChI=1S/C12H16BrN5/c1-3-15-12(5-11-8-18(2)17-16-11)9-4-10(13)7-14-6-9/h4,6-8,12,15H,3,5H2,1-2H3. The molecule has 2 aromatic rings. The molecular formula is C12H16BrN5. The Morgan fingerprint density at radius 3 is 2.89 bits per heavy atom. The van der Waals surface area contributed by atoms with Crippen LogP contribution in [0.4, 0.5) is 0 Å². The van der Waals surface area contributed by atoms with Crippen molar-refractivity contribution in [2.75, 3.05) is 6.54 Å². The fourth-order valence-electron chi connectivity index (χ4n) is 1.87. The molecule has 18 heavy (non-hydrogen) atoms. The van der Waals surface area contributed by atoms with Crippen LogP contribution in [0, 0.1) is 0 Å². The number of aromatic nitrogens is 4. The summed E-state index contributed by atoms with van der Waals surface area (Å²) >= 11 is 3.45. The van der Waals surface area contributed by atoms with Crippen molar-refractivity contribution in [3.63, 3.8) is 0 Å². The Balaban J connectivity index is 2.17. The van der Waals surface area contributed by atoms with Crippen LogP contribution in [0.25, 0.3) is 0 Å². The van der Waals surface area contributed by atoms with E-state index in [4.69, 9.17) is 0 Å². The maximum Gasteiger partial charge on any atom is 0.0845 e. The van der Waals surface area contributed by atoms with Gasteiger partial charge in [0.05, 0.1) is 5.69 Å². The van der Waals surface area contributed by atoms with Crippen molar-refractivity contribution >= 4 is 15.9 Å². The second kappa shape index (κ2) is 6.06. The highest BCUT2D eigenvalue weighted by Crippen LogP contribution is 2.19. The molecule has 0 saturated carbocycles. The molecule has 2 rings (SSSR count). The molecule has 0 amide bonds. The molecule has 0 aromatic carbocycles. The van der Waals surface area contributed by atoms with Gasteiger partial charge >= 0.3 is 0 Å². The highest BCUT2D eigenvalue weighted by molar-refractivity contribution is 9.10. The van der Waals surface area contributed by atoms with E-state index in [1.54, 1.807) is 10.9 Å². The number of hydrogen-bond acceptors (Lipinski definition) is 4. The molecule has 0 aliphatic heterocycles. The van der Waals surface area contributed by atoms with Crippen molar-refractivity contribution in [3.05, 3.63) is 40.4 Å². The number of pyridine rings is 1. The SMILES string of the molecule is CCNC(Cc1cn(C)nn1)c1cncc(Br)c1. The lowest BCUT2D eigenvalue weighted by atomic mass is 10.0. The van der Waals surface area contributed by atoms with E-state index in [1.807, 2.05) is 19.4 Å². The Kier molecular flexibility index (Phi) is 4.43. The molecule has 1 N–H and O–H groups in total. The van der Waals surface area contributed by atoms with Crippen molar-refractivity contribution in [1.82, 2.24) is 25.3 Å². The summed E-state index contributed by atoms with van der Waals surface area (Å²) in [6.07, 6.45) is 6.42. The summed E-state index contributed by atoms with van der Waals surface area (Å²) in [4.78, 5) is 4.21. The first-order valence-electron chi connectivity index (χ1n) is 5.88. The van der Waals surface area contributed by atoms with Gasteiger partial charge in [-0.25, -0.2) is 0 Å². The fourth-order valence-corrected chi connectivity index (χ4v) is 2.25. The molecule has 0 aliphatic carbocycles. The molecule has 2 heterocycles. The van der Waals surface area contributed by atoms with E-state index < -0.39 is 0 Å². The highest BCUT2D eigenvalue weighted by Gasteiger charge is 2.13. The lowest BCUT2D eigenvalue weighted by molar-refractivity contribution is 0.541. The third kappa shape index (κ3) is 3.36. The minimum atomic E-state index is 0.205. The maximum absolute atomic E-state index is 4.21. The molecule has 0 spiro atoms. The van der Waals surface area contributed by atoms with Crippen molar-refractivity contribution in [1.29, 1.82) is 0 Å². The molecule has 96 valence electrons. The van der Waals surface area contributed by atoms with E-state index in [2.05, 4.69) is 49.5 Å². The Morgan fingerprint density at radius 2 is 2.28 bits per heavy atom. The van der Waals surface area contributed by atoms with Gasteiger partial charge in [0.2, 0.25) is 0 Å².